The van der Waals surface area contributed by atoms with E-state index in [1.807, 2.05) is 60.7 Å². The molecule has 0 bridgehead atoms. The molecule has 24 heavy (non-hydrogen) atoms. The van der Waals surface area contributed by atoms with Gasteiger partial charge in [0.1, 0.15) is 16.1 Å². The Bertz CT molecular complexity index is 725. The fourth-order valence-corrected chi connectivity index (χ4v) is 4.46. The molecule has 122 valence electrons. The molecule has 4 nitrogen and oxygen atoms in total. The van der Waals surface area contributed by atoms with Gasteiger partial charge in [-0.2, -0.15) is 0 Å². The summed E-state index contributed by atoms with van der Waals surface area (Å²) in [5.74, 6) is -1.49. The summed E-state index contributed by atoms with van der Waals surface area (Å²) in [6.45, 7) is -0.391. The number of carbonyl (C=O) groups excluding carboxylic acids is 1. The van der Waals surface area contributed by atoms with E-state index >= 15 is 0 Å². The van der Waals surface area contributed by atoms with E-state index in [0.717, 1.165) is 11.1 Å². The maximum Gasteiger partial charge on any atom is 0.323 e. The SMILES string of the molecule is O=C(O)CN1C(=O)C(C(c2ccccc2)c2ccccc2)SC1=S. The van der Waals surface area contributed by atoms with E-state index in [9.17, 15) is 9.59 Å². The summed E-state index contributed by atoms with van der Waals surface area (Å²) >= 11 is 6.50. The minimum atomic E-state index is -1.07. The highest BCUT2D eigenvalue weighted by Gasteiger charge is 2.43. The number of hydrogen-bond acceptors (Lipinski definition) is 4. The number of carbonyl (C=O) groups is 2. The molecule has 0 spiro atoms. The van der Waals surface area contributed by atoms with Gasteiger partial charge in [0.25, 0.3) is 0 Å². The lowest BCUT2D eigenvalue weighted by molar-refractivity contribution is -0.141. The molecule has 1 unspecified atom stereocenters. The van der Waals surface area contributed by atoms with Gasteiger partial charge in [-0.05, 0) is 11.1 Å². The van der Waals surface area contributed by atoms with E-state index in [2.05, 4.69) is 0 Å². The van der Waals surface area contributed by atoms with Crippen LogP contribution in [-0.4, -0.2) is 38.0 Å². The van der Waals surface area contributed by atoms with Crippen molar-refractivity contribution in [2.24, 2.45) is 0 Å². The second kappa shape index (κ2) is 7.15. The van der Waals surface area contributed by atoms with E-state index in [-0.39, 0.29) is 11.8 Å². The standard InChI is InChI=1S/C18H15NO3S2/c20-14(21)11-19-17(22)16(24-18(19)23)15(12-7-3-1-4-8-12)13-9-5-2-6-10-13/h1-10,15-16H,11H2,(H,20,21). The van der Waals surface area contributed by atoms with Crippen molar-refractivity contribution in [2.75, 3.05) is 6.54 Å². The fraction of sp³-hybridized carbons (Fsp3) is 0.167. The molecule has 1 atom stereocenters. The molecule has 1 aliphatic heterocycles. The van der Waals surface area contributed by atoms with Gasteiger partial charge in [0.2, 0.25) is 5.91 Å². The minimum Gasteiger partial charge on any atom is -0.480 e. The predicted molar refractivity (Wildman–Crippen MR) is 98.1 cm³/mol. The maximum atomic E-state index is 12.8. The number of amides is 1. The van der Waals surface area contributed by atoms with Crippen LogP contribution >= 0.6 is 24.0 Å². The first-order valence-electron chi connectivity index (χ1n) is 7.41. The molecule has 0 aliphatic carbocycles. The molecule has 1 amide bonds. The fourth-order valence-electron chi connectivity index (χ4n) is 2.82. The van der Waals surface area contributed by atoms with Gasteiger partial charge in [-0.3, -0.25) is 14.5 Å². The zero-order chi connectivity index (χ0) is 17.1. The number of benzene rings is 2. The third-order valence-corrected chi connectivity index (χ3v) is 5.53. The number of thiocarbonyl (C=S) groups is 1. The van der Waals surface area contributed by atoms with Crippen LogP contribution < -0.4 is 0 Å². The zero-order valence-corrected chi connectivity index (χ0v) is 14.3. The Labute approximate surface area is 149 Å². The van der Waals surface area contributed by atoms with Crippen molar-refractivity contribution in [1.82, 2.24) is 4.90 Å². The van der Waals surface area contributed by atoms with Crippen LogP contribution in [0.3, 0.4) is 0 Å². The second-order valence-corrected chi connectivity index (χ2v) is 7.20. The number of nitrogens with zero attached hydrogens (tertiary/aromatic N) is 1. The molecule has 6 heteroatoms. The first kappa shape index (κ1) is 16.7. The normalized spacial score (nSPS) is 17.5. The number of rotatable bonds is 5. The van der Waals surface area contributed by atoms with Gasteiger partial charge in [-0.1, -0.05) is 84.6 Å². The predicted octanol–water partition coefficient (Wildman–Crippen LogP) is 3.13. The van der Waals surface area contributed by atoms with Crippen molar-refractivity contribution in [3.8, 4) is 0 Å². The van der Waals surface area contributed by atoms with Crippen molar-refractivity contribution < 1.29 is 14.7 Å². The molecule has 0 radical (unpaired) electrons. The summed E-state index contributed by atoms with van der Waals surface area (Å²) in [5.41, 5.74) is 2.02. The molecule has 0 aromatic heterocycles. The first-order valence-corrected chi connectivity index (χ1v) is 8.70. The quantitative estimate of drug-likeness (QED) is 0.833. The van der Waals surface area contributed by atoms with Gasteiger partial charge in [-0.15, -0.1) is 0 Å². The van der Waals surface area contributed by atoms with Gasteiger partial charge in [0.15, 0.2) is 0 Å². The van der Waals surface area contributed by atoms with Gasteiger partial charge in [0.05, 0.1) is 0 Å². The third kappa shape index (κ3) is 3.34. The van der Waals surface area contributed by atoms with Crippen LogP contribution in [0.2, 0.25) is 0 Å². The van der Waals surface area contributed by atoms with E-state index in [1.165, 1.54) is 16.7 Å². The average Bonchev–Trinajstić information content (AvgIpc) is 2.85. The van der Waals surface area contributed by atoms with Crippen LogP contribution in [0.15, 0.2) is 60.7 Å². The van der Waals surface area contributed by atoms with E-state index in [0.29, 0.717) is 4.32 Å². The Balaban J connectivity index is 2.00. The van der Waals surface area contributed by atoms with Crippen LogP contribution in [0.25, 0.3) is 0 Å². The van der Waals surface area contributed by atoms with Crippen molar-refractivity contribution in [1.29, 1.82) is 0 Å². The molecule has 2 aromatic carbocycles. The Morgan fingerprint density at radius 3 is 2.04 bits per heavy atom. The molecule has 1 N–H and O–H groups in total. The third-order valence-electron chi connectivity index (χ3n) is 3.87. The van der Waals surface area contributed by atoms with Crippen molar-refractivity contribution >= 4 is 40.2 Å². The van der Waals surface area contributed by atoms with E-state index in [1.54, 1.807) is 0 Å². The number of aliphatic carboxylic acids is 1. The molecule has 0 saturated carbocycles. The number of hydrogen-bond donors (Lipinski definition) is 1. The van der Waals surface area contributed by atoms with Crippen molar-refractivity contribution in [2.45, 2.75) is 11.2 Å². The average molecular weight is 357 g/mol. The summed E-state index contributed by atoms with van der Waals surface area (Å²) in [7, 11) is 0. The summed E-state index contributed by atoms with van der Waals surface area (Å²) in [6, 6.07) is 19.5. The largest absolute Gasteiger partial charge is 0.480 e. The lowest BCUT2D eigenvalue weighted by atomic mass is 9.87. The van der Waals surface area contributed by atoms with Crippen LogP contribution in [-0.2, 0) is 9.59 Å². The Morgan fingerprint density at radius 1 is 1.08 bits per heavy atom. The van der Waals surface area contributed by atoms with E-state index < -0.39 is 17.8 Å². The highest BCUT2D eigenvalue weighted by Crippen LogP contribution is 2.40. The minimum absolute atomic E-state index is 0.179. The van der Waals surface area contributed by atoms with Crippen LogP contribution in [0.1, 0.15) is 17.0 Å². The van der Waals surface area contributed by atoms with Crippen LogP contribution in [0, 0.1) is 0 Å². The molecule has 1 fully saturated rings. The van der Waals surface area contributed by atoms with Crippen molar-refractivity contribution in [3.05, 3.63) is 71.8 Å². The summed E-state index contributed by atoms with van der Waals surface area (Å²) in [4.78, 5) is 25.0. The summed E-state index contributed by atoms with van der Waals surface area (Å²) < 4.78 is 0.323. The number of carboxylic acids is 1. The molecular weight excluding hydrogens is 342 g/mol. The second-order valence-electron chi connectivity index (χ2n) is 5.42. The summed E-state index contributed by atoms with van der Waals surface area (Å²) in [5, 5.41) is 8.55. The Hall–Kier alpha value is -2.18. The van der Waals surface area contributed by atoms with Crippen LogP contribution in [0.5, 0.6) is 0 Å². The van der Waals surface area contributed by atoms with Gasteiger partial charge < -0.3 is 5.11 Å². The van der Waals surface area contributed by atoms with Gasteiger partial charge in [0, 0.05) is 5.92 Å². The topological polar surface area (TPSA) is 57.6 Å². The number of thioether (sulfide) groups is 1. The van der Waals surface area contributed by atoms with Crippen LogP contribution in [0.4, 0.5) is 0 Å². The highest BCUT2D eigenvalue weighted by atomic mass is 32.2. The molecule has 1 saturated heterocycles. The lowest BCUT2D eigenvalue weighted by Crippen LogP contribution is -2.37. The maximum absolute atomic E-state index is 12.8. The molecule has 2 aromatic rings. The lowest BCUT2D eigenvalue weighted by Gasteiger charge is -2.22. The van der Waals surface area contributed by atoms with Crippen molar-refractivity contribution in [3.63, 3.8) is 0 Å². The van der Waals surface area contributed by atoms with Gasteiger partial charge in [-0.25, -0.2) is 0 Å². The monoisotopic (exact) mass is 357 g/mol. The van der Waals surface area contributed by atoms with E-state index in [4.69, 9.17) is 17.3 Å². The first-order chi connectivity index (χ1) is 11.6. The smallest absolute Gasteiger partial charge is 0.323 e. The molecule has 1 aliphatic rings. The zero-order valence-electron chi connectivity index (χ0n) is 12.7. The molecular formula is C18H15NO3S2. The molecule has 3 rings (SSSR count). The molecule has 1 heterocycles. The Kier molecular flexibility index (Phi) is 4.97. The highest BCUT2D eigenvalue weighted by molar-refractivity contribution is 8.24. The Morgan fingerprint density at radius 2 is 1.58 bits per heavy atom. The van der Waals surface area contributed by atoms with Gasteiger partial charge >= 0.3 is 5.97 Å². The number of carboxylic acid groups (broad SMARTS) is 1. The summed E-state index contributed by atoms with van der Waals surface area (Å²) in [6.07, 6.45) is 0.